The SMILES string of the molecule is C=C(CC)CNC1CCCC(C)C1. The van der Waals surface area contributed by atoms with Crippen LogP contribution in [0.4, 0.5) is 0 Å². The van der Waals surface area contributed by atoms with Crippen molar-refractivity contribution in [3.8, 4) is 0 Å². The Bertz CT molecular complexity index is 163. The summed E-state index contributed by atoms with van der Waals surface area (Å²) in [4.78, 5) is 0. The van der Waals surface area contributed by atoms with E-state index in [1.54, 1.807) is 0 Å². The van der Waals surface area contributed by atoms with Crippen LogP contribution in [-0.2, 0) is 0 Å². The molecule has 1 rings (SSSR count). The van der Waals surface area contributed by atoms with Gasteiger partial charge in [-0.15, -0.1) is 0 Å². The topological polar surface area (TPSA) is 12.0 Å². The van der Waals surface area contributed by atoms with E-state index in [-0.39, 0.29) is 0 Å². The number of hydrogen-bond acceptors (Lipinski definition) is 1. The van der Waals surface area contributed by atoms with Gasteiger partial charge in [-0.3, -0.25) is 0 Å². The molecule has 0 aromatic rings. The lowest BCUT2D eigenvalue weighted by Crippen LogP contribution is -2.34. The Morgan fingerprint density at radius 3 is 2.85 bits per heavy atom. The molecule has 0 spiro atoms. The van der Waals surface area contributed by atoms with Crippen LogP contribution in [0, 0.1) is 5.92 Å². The maximum absolute atomic E-state index is 4.01. The van der Waals surface area contributed by atoms with Gasteiger partial charge in [-0.2, -0.15) is 0 Å². The van der Waals surface area contributed by atoms with Crippen LogP contribution in [-0.4, -0.2) is 12.6 Å². The second-order valence-corrected chi connectivity index (χ2v) is 4.45. The third kappa shape index (κ3) is 3.95. The zero-order valence-corrected chi connectivity index (χ0v) is 9.10. The molecule has 0 bridgehead atoms. The lowest BCUT2D eigenvalue weighted by atomic mass is 9.87. The molecule has 0 saturated heterocycles. The van der Waals surface area contributed by atoms with Crippen LogP contribution in [0.1, 0.15) is 46.0 Å². The van der Waals surface area contributed by atoms with E-state index in [0.29, 0.717) is 0 Å². The fourth-order valence-corrected chi connectivity index (χ4v) is 2.03. The Morgan fingerprint density at radius 1 is 1.46 bits per heavy atom. The van der Waals surface area contributed by atoms with Crippen LogP contribution >= 0.6 is 0 Å². The van der Waals surface area contributed by atoms with Crippen molar-refractivity contribution in [1.82, 2.24) is 5.32 Å². The van der Waals surface area contributed by atoms with Crippen molar-refractivity contribution in [3.05, 3.63) is 12.2 Å². The van der Waals surface area contributed by atoms with Crippen LogP contribution in [0.2, 0.25) is 0 Å². The van der Waals surface area contributed by atoms with Crippen molar-refractivity contribution in [2.75, 3.05) is 6.54 Å². The number of rotatable bonds is 4. The van der Waals surface area contributed by atoms with Crippen molar-refractivity contribution in [1.29, 1.82) is 0 Å². The third-order valence-electron chi connectivity index (χ3n) is 3.08. The summed E-state index contributed by atoms with van der Waals surface area (Å²) < 4.78 is 0. The van der Waals surface area contributed by atoms with Gasteiger partial charge in [0, 0.05) is 12.6 Å². The van der Waals surface area contributed by atoms with Gasteiger partial charge in [0.25, 0.3) is 0 Å². The minimum Gasteiger partial charge on any atom is -0.310 e. The molecule has 0 radical (unpaired) electrons. The molecule has 1 saturated carbocycles. The van der Waals surface area contributed by atoms with Crippen LogP contribution in [0.25, 0.3) is 0 Å². The van der Waals surface area contributed by atoms with Gasteiger partial charge in [-0.1, -0.05) is 38.8 Å². The summed E-state index contributed by atoms with van der Waals surface area (Å²) in [5.74, 6) is 0.918. The predicted molar refractivity (Wildman–Crippen MR) is 58.9 cm³/mol. The molecule has 1 nitrogen and oxygen atoms in total. The molecule has 1 N–H and O–H groups in total. The van der Waals surface area contributed by atoms with Gasteiger partial charge in [0.2, 0.25) is 0 Å². The lowest BCUT2D eigenvalue weighted by Gasteiger charge is -2.27. The standard InChI is InChI=1S/C12H23N/c1-4-10(2)9-13-12-7-5-6-11(3)8-12/h11-13H,2,4-9H2,1,3H3. The first-order valence-electron chi connectivity index (χ1n) is 5.62. The van der Waals surface area contributed by atoms with Gasteiger partial charge >= 0.3 is 0 Å². The minimum absolute atomic E-state index is 0.757. The minimum atomic E-state index is 0.757. The van der Waals surface area contributed by atoms with Gasteiger partial charge in [0.15, 0.2) is 0 Å². The van der Waals surface area contributed by atoms with Crippen LogP contribution < -0.4 is 5.32 Å². The molecule has 0 heterocycles. The van der Waals surface area contributed by atoms with Gasteiger partial charge in [0.1, 0.15) is 0 Å². The average Bonchev–Trinajstić information content (AvgIpc) is 2.14. The van der Waals surface area contributed by atoms with Crippen molar-refractivity contribution >= 4 is 0 Å². The Morgan fingerprint density at radius 2 is 2.23 bits per heavy atom. The van der Waals surface area contributed by atoms with Crippen molar-refractivity contribution in [3.63, 3.8) is 0 Å². The first kappa shape index (κ1) is 10.8. The van der Waals surface area contributed by atoms with Crippen molar-refractivity contribution in [2.45, 2.75) is 52.0 Å². The molecule has 13 heavy (non-hydrogen) atoms. The first-order chi connectivity index (χ1) is 6.22. The second-order valence-electron chi connectivity index (χ2n) is 4.45. The fourth-order valence-electron chi connectivity index (χ4n) is 2.03. The molecule has 1 fully saturated rings. The molecule has 0 amide bonds. The highest BCUT2D eigenvalue weighted by Gasteiger charge is 2.17. The quantitative estimate of drug-likeness (QED) is 0.657. The van der Waals surface area contributed by atoms with Crippen molar-refractivity contribution < 1.29 is 0 Å². The summed E-state index contributed by atoms with van der Waals surface area (Å²) in [6, 6.07) is 0.757. The van der Waals surface area contributed by atoms with E-state index >= 15 is 0 Å². The van der Waals surface area contributed by atoms with Gasteiger partial charge in [-0.05, 0) is 25.2 Å². The zero-order valence-electron chi connectivity index (χ0n) is 9.10. The molecule has 76 valence electrons. The average molecular weight is 181 g/mol. The van der Waals surface area contributed by atoms with Crippen LogP contribution in [0.5, 0.6) is 0 Å². The summed E-state index contributed by atoms with van der Waals surface area (Å²) >= 11 is 0. The Labute approximate surface area is 82.6 Å². The van der Waals surface area contributed by atoms with Gasteiger partial charge in [-0.25, -0.2) is 0 Å². The van der Waals surface area contributed by atoms with Crippen molar-refractivity contribution in [2.24, 2.45) is 5.92 Å². The molecule has 0 aliphatic heterocycles. The summed E-state index contributed by atoms with van der Waals surface area (Å²) in [5, 5.41) is 3.60. The first-order valence-corrected chi connectivity index (χ1v) is 5.62. The molecular weight excluding hydrogens is 158 g/mol. The Hall–Kier alpha value is -0.300. The largest absolute Gasteiger partial charge is 0.310 e. The van der Waals surface area contributed by atoms with E-state index in [1.807, 2.05) is 0 Å². The second kappa shape index (κ2) is 5.43. The molecular formula is C12H23N. The number of hydrogen-bond donors (Lipinski definition) is 1. The van der Waals surface area contributed by atoms with Crippen LogP contribution in [0.3, 0.4) is 0 Å². The zero-order chi connectivity index (χ0) is 9.68. The summed E-state index contributed by atoms with van der Waals surface area (Å²) in [6.07, 6.45) is 6.65. The Kier molecular flexibility index (Phi) is 4.51. The maximum Gasteiger partial charge on any atom is 0.0164 e. The Balaban J connectivity index is 2.17. The molecule has 1 heteroatoms. The van der Waals surface area contributed by atoms with Gasteiger partial charge in [0.05, 0.1) is 0 Å². The fraction of sp³-hybridized carbons (Fsp3) is 0.833. The smallest absolute Gasteiger partial charge is 0.0164 e. The lowest BCUT2D eigenvalue weighted by molar-refractivity contribution is 0.306. The molecule has 1 aliphatic carbocycles. The number of nitrogens with one attached hydrogen (secondary N) is 1. The highest BCUT2D eigenvalue weighted by molar-refractivity contribution is 4.96. The summed E-state index contributed by atoms with van der Waals surface area (Å²) in [6.45, 7) is 9.57. The third-order valence-corrected chi connectivity index (χ3v) is 3.08. The normalized spacial score (nSPS) is 28.8. The van der Waals surface area contributed by atoms with E-state index in [1.165, 1.54) is 31.3 Å². The highest BCUT2D eigenvalue weighted by atomic mass is 14.9. The summed E-state index contributed by atoms with van der Waals surface area (Å²) in [5.41, 5.74) is 1.33. The predicted octanol–water partition coefficient (Wildman–Crippen LogP) is 3.12. The van der Waals surface area contributed by atoms with E-state index in [4.69, 9.17) is 0 Å². The molecule has 0 aromatic heterocycles. The van der Waals surface area contributed by atoms with E-state index < -0.39 is 0 Å². The molecule has 2 atom stereocenters. The van der Waals surface area contributed by atoms with Crippen LogP contribution in [0.15, 0.2) is 12.2 Å². The maximum atomic E-state index is 4.01. The van der Waals surface area contributed by atoms with E-state index in [0.717, 1.165) is 24.9 Å². The van der Waals surface area contributed by atoms with Gasteiger partial charge < -0.3 is 5.32 Å². The molecule has 2 unspecified atom stereocenters. The molecule has 1 aliphatic rings. The van der Waals surface area contributed by atoms with E-state index in [9.17, 15) is 0 Å². The summed E-state index contributed by atoms with van der Waals surface area (Å²) in [7, 11) is 0. The van der Waals surface area contributed by atoms with E-state index in [2.05, 4.69) is 25.7 Å². The monoisotopic (exact) mass is 181 g/mol. The highest BCUT2D eigenvalue weighted by Crippen LogP contribution is 2.23. The molecule has 0 aromatic carbocycles.